The van der Waals surface area contributed by atoms with E-state index in [-0.39, 0.29) is 10.7 Å². The van der Waals surface area contributed by atoms with Gasteiger partial charge in [-0.15, -0.1) is 0 Å². The minimum Gasteiger partial charge on any atom is -0.395 e. The van der Waals surface area contributed by atoms with Crippen LogP contribution in [0.4, 0.5) is 5.69 Å². The first-order valence-electron chi connectivity index (χ1n) is 3.31. The number of nitrogens with two attached hydrogens (primary N) is 2. The third-order valence-corrected chi connectivity index (χ3v) is 3.15. The summed E-state index contributed by atoms with van der Waals surface area (Å²) in [6.45, 7) is 0. The average Bonchev–Trinajstić information content (AvgIpc) is 2.31. The van der Waals surface area contributed by atoms with Gasteiger partial charge in [0, 0.05) is 7.05 Å². The van der Waals surface area contributed by atoms with Gasteiger partial charge in [-0.05, 0) is 0 Å². The molecule has 0 aliphatic rings. The van der Waals surface area contributed by atoms with Crippen LogP contribution in [0.3, 0.4) is 0 Å². The lowest BCUT2D eigenvalue weighted by Gasteiger charge is -1.99. The molecule has 7 heteroatoms. The summed E-state index contributed by atoms with van der Waals surface area (Å²) in [6, 6.07) is 0. The lowest BCUT2D eigenvalue weighted by atomic mass is 10.6. The molecule has 12 heavy (non-hydrogen) atoms. The molecule has 4 N–H and O–H groups in total. The van der Waals surface area contributed by atoms with Gasteiger partial charge in [-0.2, -0.15) is 13.5 Å². The predicted molar refractivity (Wildman–Crippen MR) is 42.7 cm³/mol. The molecule has 0 bridgehead atoms. The molecular formula is C5H11N4O2S+. The maximum absolute atomic E-state index is 11.3. The van der Waals surface area contributed by atoms with Gasteiger partial charge < -0.3 is 5.73 Å². The van der Waals surface area contributed by atoms with Crippen molar-refractivity contribution >= 4 is 15.7 Å². The number of sulfonamides is 1. The Morgan fingerprint density at radius 2 is 2.25 bits per heavy atom. The van der Waals surface area contributed by atoms with E-state index in [1.54, 1.807) is 0 Å². The van der Waals surface area contributed by atoms with Gasteiger partial charge >= 0.3 is 10.0 Å². The molecule has 0 spiro atoms. The number of hydrogen-bond donors (Lipinski definition) is 2. The van der Waals surface area contributed by atoms with Gasteiger partial charge in [-0.3, -0.25) is 4.68 Å². The maximum Gasteiger partial charge on any atom is 0.343 e. The van der Waals surface area contributed by atoms with Crippen LogP contribution in [0.15, 0.2) is 11.2 Å². The molecule has 0 unspecified atom stereocenters. The van der Waals surface area contributed by atoms with Crippen molar-refractivity contribution in [1.82, 2.24) is 9.78 Å². The second kappa shape index (κ2) is 2.76. The molecule has 68 valence electrons. The van der Waals surface area contributed by atoms with Gasteiger partial charge in [0.25, 0.3) is 0 Å². The Hall–Kier alpha value is -1.08. The van der Waals surface area contributed by atoms with Crippen molar-refractivity contribution in [2.75, 3.05) is 12.8 Å². The van der Waals surface area contributed by atoms with Crippen molar-refractivity contribution in [1.29, 1.82) is 0 Å². The summed E-state index contributed by atoms with van der Waals surface area (Å²) in [5.41, 5.74) is 5.60. The van der Waals surface area contributed by atoms with E-state index in [2.05, 4.69) is 5.10 Å². The molecule has 0 aliphatic heterocycles. The number of aryl methyl sites for hydroxylation is 1. The Bertz CT molecular complexity index is 361. The Morgan fingerprint density at radius 1 is 1.67 bits per heavy atom. The van der Waals surface area contributed by atoms with E-state index in [0.29, 0.717) is 0 Å². The number of anilines is 1. The van der Waals surface area contributed by atoms with Crippen LogP contribution < -0.4 is 10.5 Å². The summed E-state index contributed by atoms with van der Waals surface area (Å²) >= 11 is 0. The van der Waals surface area contributed by atoms with Crippen LogP contribution in [0.25, 0.3) is 0 Å². The van der Waals surface area contributed by atoms with Crippen molar-refractivity contribution in [2.45, 2.75) is 5.03 Å². The molecule has 6 nitrogen and oxygen atoms in total. The van der Waals surface area contributed by atoms with Crippen molar-refractivity contribution in [3.63, 3.8) is 0 Å². The minimum atomic E-state index is -3.37. The van der Waals surface area contributed by atoms with Crippen molar-refractivity contribution in [2.24, 2.45) is 7.05 Å². The number of nitrogen functional groups attached to an aromatic ring is 1. The zero-order valence-corrected chi connectivity index (χ0v) is 7.67. The fourth-order valence-corrected chi connectivity index (χ4v) is 1.92. The molecule has 0 radical (unpaired) electrons. The van der Waals surface area contributed by atoms with Gasteiger partial charge in [0.05, 0.1) is 18.9 Å². The normalized spacial score (nSPS) is 11.8. The lowest BCUT2D eigenvalue weighted by molar-refractivity contribution is -0.461. The highest BCUT2D eigenvalue weighted by atomic mass is 32.2. The SMILES string of the molecule is C[NH2+]S(=O)(=O)c1c(N)cnn1C. The van der Waals surface area contributed by atoms with Gasteiger partial charge in [-0.25, -0.2) is 4.72 Å². The molecule has 0 saturated heterocycles. The van der Waals surface area contributed by atoms with E-state index in [9.17, 15) is 8.42 Å². The zero-order chi connectivity index (χ0) is 9.35. The quantitative estimate of drug-likeness (QED) is 0.559. The highest BCUT2D eigenvalue weighted by molar-refractivity contribution is 7.84. The van der Waals surface area contributed by atoms with E-state index < -0.39 is 10.0 Å². The van der Waals surface area contributed by atoms with Crippen LogP contribution in [0, 0.1) is 0 Å². The average molecular weight is 191 g/mol. The molecule has 1 heterocycles. The third-order valence-electron chi connectivity index (χ3n) is 1.49. The molecule has 0 atom stereocenters. The number of nitrogens with zero attached hydrogens (tertiary/aromatic N) is 2. The number of aromatic nitrogens is 2. The van der Waals surface area contributed by atoms with Crippen LogP contribution in [-0.4, -0.2) is 25.2 Å². The van der Waals surface area contributed by atoms with Crippen molar-refractivity contribution in [3.05, 3.63) is 6.20 Å². The Kier molecular flexibility index (Phi) is 2.07. The maximum atomic E-state index is 11.3. The van der Waals surface area contributed by atoms with Gasteiger partial charge in [0.2, 0.25) is 5.03 Å². The van der Waals surface area contributed by atoms with Gasteiger partial charge in [0.1, 0.15) is 0 Å². The number of primary sulfonamides is 1. The highest BCUT2D eigenvalue weighted by Gasteiger charge is 2.23. The van der Waals surface area contributed by atoms with Crippen molar-refractivity contribution in [3.8, 4) is 0 Å². The molecule has 1 aromatic heterocycles. The molecule has 1 rings (SSSR count). The Balaban J connectivity index is 3.37. The fraction of sp³-hybridized carbons (Fsp3) is 0.400. The number of rotatable bonds is 2. The van der Waals surface area contributed by atoms with E-state index in [0.717, 1.165) is 4.72 Å². The molecule has 0 aliphatic carbocycles. The zero-order valence-electron chi connectivity index (χ0n) is 6.85. The smallest absolute Gasteiger partial charge is 0.343 e. The van der Waals surface area contributed by atoms with Crippen molar-refractivity contribution < 1.29 is 13.1 Å². The van der Waals surface area contributed by atoms with Crippen LogP contribution >= 0.6 is 0 Å². The molecule has 0 amide bonds. The van der Waals surface area contributed by atoms with Crippen LogP contribution in [0.1, 0.15) is 0 Å². The Morgan fingerprint density at radius 3 is 2.58 bits per heavy atom. The molecular weight excluding hydrogens is 180 g/mol. The monoisotopic (exact) mass is 191 g/mol. The summed E-state index contributed by atoms with van der Waals surface area (Å²) in [5, 5.41) is 3.77. The van der Waals surface area contributed by atoms with E-state index >= 15 is 0 Å². The summed E-state index contributed by atoms with van der Waals surface area (Å²) in [6.07, 6.45) is 1.32. The fourth-order valence-electron chi connectivity index (χ4n) is 0.903. The standard InChI is InChI=1S/C5H10N4O2S/c1-7-12(10,11)5-4(6)3-8-9(5)2/h3,7H,6H2,1-2H3/p+1. The summed E-state index contributed by atoms with van der Waals surface area (Å²) in [5.74, 6) is 0. The van der Waals surface area contributed by atoms with E-state index in [4.69, 9.17) is 5.73 Å². The first kappa shape index (κ1) is 9.01. The van der Waals surface area contributed by atoms with Gasteiger partial charge in [-0.1, -0.05) is 0 Å². The number of hydrogen-bond acceptors (Lipinski definition) is 4. The molecule has 0 aromatic carbocycles. The molecule has 0 saturated carbocycles. The number of quaternary nitrogens is 1. The van der Waals surface area contributed by atoms with E-state index in [1.807, 2.05) is 0 Å². The minimum absolute atomic E-state index is 0.0463. The summed E-state index contributed by atoms with van der Waals surface area (Å²) in [7, 11) is -0.385. The summed E-state index contributed by atoms with van der Waals surface area (Å²) < 4.78 is 25.0. The predicted octanol–water partition coefficient (Wildman–Crippen LogP) is -2.12. The lowest BCUT2D eigenvalue weighted by Crippen LogP contribution is -2.83. The molecule has 0 fully saturated rings. The summed E-state index contributed by atoms with van der Waals surface area (Å²) in [4.78, 5) is 0. The van der Waals surface area contributed by atoms with E-state index in [1.165, 1.54) is 25.0 Å². The topological polar surface area (TPSA) is 94.6 Å². The van der Waals surface area contributed by atoms with Crippen LogP contribution in [0.2, 0.25) is 0 Å². The third kappa shape index (κ3) is 1.28. The Labute approximate surface area is 70.4 Å². The van der Waals surface area contributed by atoms with Crippen LogP contribution in [0.5, 0.6) is 0 Å². The second-order valence-corrected chi connectivity index (χ2v) is 4.26. The van der Waals surface area contributed by atoms with Crippen LogP contribution in [-0.2, 0) is 17.1 Å². The largest absolute Gasteiger partial charge is 0.395 e. The second-order valence-electron chi connectivity index (χ2n) is 2.31. The molecule has 1 aromatic rings. The van der Waals surface area contributed by atoms with Gasteiger partial charge in [0.15, 0.2) is 0 Å². The first-order valence-corrected chi connectivity index (χ1v) is 4.85. The first-order chi connectivity index (χ1) is 5.49. The highest BCUT2D eigenvalue weighted by Crippen LogP contribution is 2.12.